The fourth-order valence-electron chi connectivity index (χ4n) is 5.00. The summed E-state index contributed by atoms with van der Waals surface area (Å²) in [5, 5.41) is 34.2. The lowest BCUT2D eigenvalue weighted by Gasteiger charge is -2.35. The van der Waals surface area contributed by atoms with Gasteiger partial charge in [0.2, 0.25) is 5.95 Å². The minimum absolute atomic E-state index is 0.0271. The van der Waals surface area contributed by atoms with Crippen molar-refractivity contribution < 1.29 is 15.3 Å². The minimum atomic E-state index is -1.33. The average molecular weight is 561 g/mol. The highest BCUT2D eigenvalue weighted by Crippen LogP contribution is 2.28. The third-order valence-electron chi connectivity index (χ3n) is 7.18. The zero-order valence-corrected chi connectivity index (χ0v) is 23.6. The van der Waals surface area contributed by atoms with E-state index in [1.807, 2.05) is 18.2 Å². The number of benzene rings is 1. The summed E-state index contributed by atoms with van der Waals surface area (Å²) in [4.78, 5) is 31.5. The lowest BCUT2D eigenvalue weighted by Crippen LogP contribution is -2.44. The first-order valence-corrected chi connectivity index (χ1v) is 13.6. The second-order valence-corrected chi connectivity index (χ2v) is 10.8. The highest BCUT2D eigenvalue weighted by atomic mass is 16.3. The van der Waals surface area contributed by atoms with Gasteiger partial charge in [0.05, 0.1) is 12.2 Å². The minimum Gasteiger partial charge on any atom is -0.508 e. The summed E-state index contributed by atoms with van der Waals surface area (Å²) < 4.78 is 2.89. The summed E-state index contributed by atoms with van der Waals surface area (Å²) in [6.07, 6.45) is 3.54. The lowest BCUT2D eigenvalue weighted by atomic mass is 10.0. The van der Waals surface area contributed by atoms with Gasteiger partial charge in [-0.1, -0.05) is 6.08 Å². The quantitative estimate of drug-likeness (QED) is 0.225. The molecule has 5 rings (SSSR count). The van der Waals surface area contributed by atoms with Crippen LogP contribution in [0.3, 0.4) is 0 Å². The summed E-state index contributed by atoms with van der Waals surface area (Å²) in [5.41, 5.74) is 1.69. The normalized spacial score (nSPS) is 14.5. The summed E-state index contributed by atoms with van der Waals surface area (Å²) in [6, 6.07) is 8.76. The Morgan fingerprint density at radius 1 is 1.12 bits per heavy atom. The van der Waals surface area contributed by atoms with Gasteiger partial charge in [0, 0.05) is 62.5 Å². The van der Waals surface area contributed by atoms with Crippen molar-refractivity contribution in [3.63, 3.8) is 0 Å². The smallest absolute Gasteiger partial charge is 0.278 e. The molecule has 0 atom stereocenters. The van der Waals surface area contributed by atoms with Crippen LogP contribution in [0.1, 0.15) is 25.1 Å². The number of fused-ring (bicyclic) bond motifs is 1. The van der Waals surface area contributed by atoms with Crippen molar-refractivity contribution >= 4 is 28.4 Å². The zero-order chi connectivity index (χ0) is 29.3. The summed E-state index contributed by atoms with van der Waals surface area (Å²) in [5.74, 6) is 0.352. The van der Waals surface area contributed by atoms with E-state index in [1.54, 1.807) is 19.9 Å². The average Bonchev–Trinajstić information content (AvgIpc) is 3.19. The van der Waals surface area contributed by atoms with Gasteiger partial charge in [-0.25, -0.2) is 19.3 Å². The van der Waals surface area contributed by atoms with Gasteiger partial charge in [0.1, 0.15) is 16.7 Å². The molecule has 0 radical (unpaired) electrons. The highest BCUT2D eigenvalue weighted by molar-refractivity contribution is 5.77. The maximum absolute atomic E-state index is 13.3. The molecule has 0 spiro atoms. The number of rotatable bonds is 9. The van der Waals surface area contributed by atoms with E-state index in [9.17, 15) is 20.1 Å². The van der Waals surface area contributed by atoms with Gasteiger partial charge in [0.25, 0.3) is 5.56 Å². The van der Waals surface area contributed by atoms with Gasteiger partial charge >= 0.3 is 0 Å². The number of hydrogen-bond donors (Lipinski definition) is 4. The Labute approximate surface area is 237 Å². The molecular formula is C29H36N8O4. The van der Waals surface area contributed by atoms with E-state index in [4.69, 9.17) is 0 Å². The molecule has 0 unspecified atom stereocenters. The molecular weight excluding hydrogens is 524 g/mol. The predicted octanol–water partition coefficient (Wildman–Crippen LogP) is 2.13. The third-order valence-corrected chi connectivity index (χ3v) is 7.18. The van der Waals surface area contributed by atoms with E-state index < -0.39 is 5.60 Å². The lowest BCUT2D eigenvalue weighted by molar-refractivity contribution is 0.0735. The Hall–Kier alpha value is -4.26. The van der Waals surface area contributed by atoms with Gasteiger partial charge < -0.3 is 30.4 Å². The number of pyridine rings is 1. The number of aromatic nitrogens is 5. The van der Waals surface area contributed by atoms with Crippen molar-refractivity contribution in [3.8, 4) is 11.6 Å². The van der Waals surface area contributed by atoms with E-state index in [0.717, 1.165) is 43.1 Å². The number of likely N-dealkylation sites (N-methyl/N-ethyl adjacent to an activating group) is 1. The molecule has 3 aromatic heterocycles. The topological polar surface area (TPSA) is 145 Å². The number of aromatic hydroxyl groups is 1. The molecule has 0 bridgehead atoms. The second kappa shape index (κ2) is 11.3. The first-order chi connectivity index (χ1) is 19.6. The van der Waals surface area contributed by atoms with Crippen LogP contribution < -0.4 is 15.8 Å². The number of anilines is 3. The van der Waals surface area contributed by atoms with Crippen molar-refractivity contribution in [2.45, 2.75) is 32.4 Å². The molecule has 4 N–H and O–H groups in total. The fourth-order valence-corrected chi connectivity index (χ4v) is 5.00. The molecule has 4 heterocycles. The van der Waals surface area contributed by atoms with Crippen LogP contribution in [0.2, 0.25) is 0 Å². The Balaban J connectivity index is 1.56. The number of aliphatic hydroxyl groups is 2. The van der Waals surface area contributed by atoms with E-state index in [1.165, 1.54) is 27.7 Å². The standard InChI is InChI=1S/C29H36N8O4/c1-5-9-36-27(40)22-18-30-28(33-26(22)37(36)25-17-21(39)16-24(32-25)29(2,3)41)31-20-6-7-23(19(15-20)8-14-38)35-12-10-34(4)11-13-35/h5-7,15-18,38,41H,1,8-14H2,2-4H3,(H,32,39)(H,30,31,33). The molecule has 4 aromatic rings. The van der Waals surface area contributed by atoms with Crippen LogP contribution in [0, 0.1) is 0 Å². The van der Waals surface area contributed by atoms with Crippen molar-refractivity contribution in [1.82, 2.24) is 29.2 Å². The van der Waals surface area contributed by atoms with E-state index in [2.05, 4.69) is 43.7 Å². The van der Waals surface area contributed by atoms with Gasteiger partial charge in [0.15, 0.2) is 11.5 Å². The molecule has 12 heteroatoms. The molecule has 0 saturated carbocycles. The third kappa shape index (κ3) is 5.80. The van der Waals surface area contributed by atoms with Gasteiger partial charge in [-0.2, -0.15) is 4.98 Å². The van der Waals surface area contributed by atoms with Crippen molar-refractivity contribution in [2.75, 3.05) is 50.1 Å². The van der Waals surface area contributed by atoms with E-state index in [0.29, 0.717) is 6.42 Å². The monoisotopic (exact) mass is 560 g/mol. The number of allylic oxidation sites excluding steroid dienone is 1. The van der Waals surface area contributed by atoms with Crippen LogP contribution in [0.4, 0.5) is 17.3 Å². The number of hydrogen-bond acceptors (Lipinski definition) is 10. The summed E-state index contributed by atoms with van der Waals surface area (Å²) in [6.45, 7) is 10.9. The second-order valence-electron chi connectivity index (χ2n) is 10.8. The molecule has 1 aliphatic rings. The molecule has 1 saturated heterocycles. The van der Waals surface area contributed by atoms with Crippen molar-refractivity contribution in [1.29, 1.82) is 0 Å². The van der Waals surface area contributed by atoms with Gasteiger partial charge in [-0.05, 0) is 51.1 Å². The van der Waals surface area contributed by atoms with Crippen molar-refractivity contribution in [3.05, 3.63) is 70.8 Å². The molecule has 0 amide bonds. The maximum atomic E-state index is 13.3. The molecule has 216 valence electrons. The highest BCUT2D eigenvalue weighted by Gasteiger charge is 2.23. The molecule has 1 aromatic carbocycles. The number of nitrogens with one attached hydrogen (secondary N) is 1. The Bertz CT molecular complexity index is 1630. The van der Waals surface area contributed by atoms with Crippen LogP contribution in [0.25, 0.3) is 16.9 Å². The summed E-state index contributed by atoms with van der Waals surface area (Å²) >= 11 is 0. The molecule has 12 nitrogen and oxygen atoms in total. The molecule has 0 aliphatic carbocycles. The van der Waals surface area contributed by atoms with Crippen molar-refractivity contribution in [2.24, 2.45) is 0 Å². The Morgan fingerprint density at radius 2 is 1.88 bits per heavy atom. The molecule has 41 heavy (non-hydrogen) atoms. The fraction of sp³-hybridized carbons (Fsp3) is 0.379. The number of piperazine rings is 1. The van der Waals surface area contributed by atoms with Crippen LogP contribution >= 0.6 is 0 Å². The SMILES string of the molecule is C=CCn1c(=O)c2cnc(Nc3ccc(N4CCN(C)CC4)c(CCO)c3)nc2n1-c1cc(O)cc(C(C)(C)O)n1. The van der Waals surface area contributed by atoms with Gasteiger partial charge in [-0.3, -0.25) is 4.79 Å². The van der Waals surface area contributed by atoms with Gasteiger partial charge in [-0.15, -0.1) is 6.58 Å². The van der Waals surface area contributed by atoms with Crippen LogP contribution in [0.5, 0.6) is 5.75 Å². The predicted molar refractivity (Wildman–Crippen MR) is 158 cm³/mol. The number of nitrogens with zero attached hydrogens (tertiary/aromatic N) is 7. The van der Waals surface area contributed by atoms with Crippen LogP contribution in [0.15, 0.2) is 54.0 Å². The van der Waals surface area contributed by atoms with E-state index in [-0.39, 0.29) is 53.0 Å². The van der Waals surface area contributed by atoms with E-state index >= 15 is 0 Å². The largest absolute Gasteiger partial charge is 0.508 e. The summed E-state index contributed by atoms with van der Waals surface area (Å²) in [7, 11) is 2.11. The number of aliphatic hydroxyl groups excluding tert-OH is 1. The first-order valence-electron chi connectivity index (χ1n) is 13.6. The molecule has 1 fully saturated rings. The molecule has 1 aliphatic heterocycles. The van der Waals surface area contributed by atoms with Crippen LogP contribution in [-0.2, 0) is 18.6 Å². The zero-order valence-electron chi connectivity index (χ0n) is 23.6. The Morgan fingerprint density at radius 3 is 2.56 bits per heavy atom. The maximum Gasteiger partial charge on any atom is 0.278 e. The first kappa shape index (κ1) is 28.3. The van der Waals surface area contributed by atoms with Crippen LogP contribution in [-0.4, -0.2) is 84.4 Å². The Kier molecular flexibility index (Phi) is 7.80.